The highest BCUT2D eigenvalue weighted by Gasteiger charge is 2.02. The summed E-state index contributed by atoms with van der Waals surface area (Å²) in [5.41, 5.74) is 9.88. The first-order valence-electron chi connectivity index (χ1n) is 6.12. The van der Waals surface area contributed by atoms with Crippen molar-refractivity contribution in [3.05, 3.63) is 59.7 Å². The van der Waals surface area contributed by atoms with Crippen molar-refractivity contribution in [3.8, 4) is 11.1 Å². The number of nitrogen functional groups attached to an aromatic ring is 1. The smallest absolute Gasteiger partial charge is 0.122 e. The summed E-state index contributed by atoms with van der Waals surface area (Å²) in [5, 5.41) is 7.36. The molecular formula is C16H18N2. The monoisotopic (exact) mass is 238 g/mol. The van der Waals surface area contributed by atoms with Crippen molar-refractivity contribution in [1.29, 1.82) is 5.41 Å². The molecule has 0 unspecified atom stereocenters. The molecule has 0 atom stereocenters. The van der Waals surface area contributed by atoms with Gasteiger partial charge >= 0.3 is 0 Å². The predicted octanol–water partition coefficient (Wildman–Crippen LogP) is 3.76. The Kier molecular flexibility index (Phi) is 3.47. The van der Waals surface area contributed by atoms with E-state index in [1.807, 2.05) is 24.3 Å². The van der Waals surface area contributed by atoms with Crippen LogP contribution in [0.1, 0.15) is 30.9 Å². The maximum atomic E-state index is 7.36. The first kappa shape index (κ1) is 12.4. The number of benzene rings is 2. The molecule has 0 aromatic heterocycles. The quantitative estimate of drug-likeness (QED) is 0.620. The number of nitrogens with one attached hydrogen (secondary N) is 1. The van der Waals surface area contributed by atoms with Gasteiger partial charge in [0.2, 0.25) is 0 Å². The van der Waals surface area contributed by atoms with Gasteiger partial charge < -0.3 is 5.73 Å². The highest BCUT2D eigenvalue weighted by atomic mass is 14.7. The minimum atomic E-state index is 0.108. The van der Waals surface area contributed by atoms with Crippen LogP contribution in [-0.2, 0) is 0 Å². The molecule has 92 valence electrons. The van der Waals surface area contributed by atoms with Gasteiger partial charge in [-0.25, -0.2) is 0 Å². The summed E-state index contributed by atoms with van der Waals surface area (Å²) >= 11 is 0. The van der Waals surface area contributed by atoms with Gasteiger partial charge in [-0.05, 0) is 22.6 Å². The molecule has 0 saturated carbocycles. The lowest BCUT2D eigenvalue weighted by molar-refractivity contribution is 0.867. The van der Waals surface area contributed by atoms with Crippen LogP contribution in [0.2, 0.25) is 0 Å². The van der Waals surface area contributed by atoms with E-state index in [4.69, 9.17) is 11.1 Å². The van der Waals surface area contributed by atoms with Crippen molar-refractivity contribution < 1.29 is 0 Å². The molecule has 0 heterocycles. The molecule has 0 aliphatic carbocycles. The molecule has 0 aliphatic heterocycles. The van der Waals surface area contributed by atoms with E-state index >= 15 is 0 Å². The largest absolute Gasteiger partial charge is 0.384 e. The zero-order chi connectivity index (χ0) is 13.1. The van der Waals surface area contributed by atoms with Crippen molar-refractivity contribution in [2.45, 2.75) is 19.8 Å². The van der Waals surface area contributed by atoms with Gasteiger partial charge in [0, 0.05) is 5.56 Å². The van der Waals surface area contributed by atoms with Gasteiger partial charge in [0.15, 0.2) is 0 Å². The van der Waals surface area contributed by atoms with Gasteiger partial charge in [0.25, 0.3) is 0 Å². The maximum absolute atomic E-state index is 7.36. The fraction of sp³-hybridized carbons (Fsp3) is 0.188. The van der Waals surface area contributed by atoms with E-state index in [2.05, 4.69) is 38.1 Å². The Balaban J connectivity index is 2.28. The van der Waals surface area contributed by atoms with Crippen molar-refractivity contribution in [3.63, 3.8) is 0 Å². The highest BCUT2D eigenvalue weighted by molar-refractivity contribution is 5.95. The van der Waals surface area contributed by atoms with Crippen LogP contribution in [-0.4, -0.2) is 5.84 Å². The SMILES string of the molecule is CC(C)c1ccc(-c2ccc(C(=N)N)cc2)cc1. The molecule has 0 bridgehead atoms. The molecule has 0 aliphatic rings. The summed E-state index contributed by atoms with van der Waals surface area (Å²) in [5.74, 6) is 0.663. The highest BCUT2D eigenvalue weighted by Crippen LogP contribution is 2.22. The number of nitrogens with two attached hydrogens (primary N) is 1. The van der Waals surface area contributed by atoms with E-state index in [0.29, 0.717) is 5.92 Å². The molecule has 0 fully saturated rings. The van der Waals surface area contributed by atoms with Crippen LogP contribution in [0, 0.1) is 5.41 Å². The van der Waals surface area contributed by atoms with Crippen LogP contribution >= 0.6 is 0 Å². The number of hydrogen-bond donors (Lipinski definition) is 2. The summed E-state index contributed by atoms with van der Waals surface area (Å²) in [7, 11) is 0. The fourth-order valence-corrected chi connectivity index (χ4v) is 1.90. The average Bonchev–Trinajstić information content (AvgIpc) is 2.39. The van der Waals surface area contributed by atoms with Gasteiger partial charge in [-0.15, -0.1) is 0 Å². The summed E-state index contributed by atoms with van der Waals surface area (Å²) < 4.78 is 0. The summed E-state index contributed by atoms with van der Waals surface area (Å²) in [4.78, 5) is 0. The molecule has 0 amide bonds. The van der Waals surface area contributed by atoms with Crippen molar-refractivity contribution in [2.24, 2.45) is 5.73 Å². The van der Waals surface area contributed by atoms with Crippen molar-refractivity contribution in [1.82, 2.24) is 0 Å². The fourth-order valence-electron chi connectivity index (χ4n) is 1.90. The minimum Gasteiger partial charge on any atom is -0.384 e. The van der Waals surface area contributed by atoms with Crippen LogP contribution in [0.4, 0.5) is 0 Å². The van der Waals surface area contributed by atoms with E-state index in [0.717, 1.165) is 11.1 Å². The first-order chi connectivity index (χ1) is 8.58. The molecule has 0 radical (unpaired) electrons. The molecule has 2 rings (SSSR count). The molecule has 0 spiro atoms. The summed E-state index contributed by atoms with van der Waals surface area (Å²) in [6, 6.07) is 16.4. The molecule has 2 aromatic rings. The van der Waals surface area contributed by atoms with Crippen LogP contribution in [0.15, 0.2) is 48.5 Å². The van der Waals surface area contributed by atoms with Gasteiger partial charge in [0.1, 0.15) is 5.84 Å². The van der Waals surface area contributed by atoms with Crippen molar-refractivity contribution >= 4 is 5.84 Å². The van der Waals surface area contributed by atoms with E-state index in [1.165, 1.54) is 11.1 Å². The third kappa shape index (κ3) is 2.59. The van der Waals surface area contributed by atoms with E-state index in [9.17, 15) is 0 Å². The normalized spacial score (nSPS) is 10.6. The predicted molar refractivity (Wildman–Crippen MR) is 77.0 cm³/mol. The summed E-state index contributed by atoms with van der Waals surface area (Å²) in [6.07, 6.45) is 0. The molecular weight excluding hydrogens is 220 g/mol. The van der Waals surface area contributed by atoms with Crippen LogP contribution in [0.5, 0.6) is 0 Å². The van der Waals surface area contributed by atoms with Crippen molar-refractivity contribution in [2.75, 3.05) is 0 Å². The molecule has 2 aromatic carbocycles. The number of amidine groups is 1. The molecule has 0 saturated heterocycles. The first-order valence-corrected chi connectivity index (χ1v) is 6.12. The zero-order valence-corrected chi connectivity index (χ0v) is 10.8. The zero-order valence-electron chi connectivity index (χ0n) is 10.8. The summed E-state index contributed by atoms with van der Waals surface area (Å²) in [6.45, 7) is 4.38. The minimum absolute atomic E-state index is 0.108. The lowest BCUT2D eigenvalue weighted by atomic mass is 9.98. The van der Waals surface area contributed by atoms with E-state index < -0.39 is 0 Å². The third-order valence-electron chi connectivity index (χ3n) is 3.11. The van der Waals surface area contributed by atoms with Gasteiger partial charge in [-0.1, -0.05) is 62.4 Å². The van der Waals surface area contributed by atoms with Crippen LogP contribution in [0.3, 0.4) is 0 Å². The van der Waals surface area contributed by atoms with Crippen LogP contribution in [0.25, 0.3) is 11.1 Å². The maximum Gasteiger partial charge on any atom is 0.122 e. The molecule has 3 N–H and O–H groups in total. The Hall–Kier alpha value is -2.09. The second kappa shape index (κ2) is 5.05. The number of hydrogen-bond acceptors (Lipinski definition) is 1. The van der Waals surface area contributed by atoms with Crippen LogP contribution < -0.4 is 5.73 Å². The Labute approximate surface area is 108 Å². The topological polar surface area (TPSA) is 49.9 Å². The van der Waals surface area contributed by atoms with Gasteiger partial charge in [0.05, 0.1) is 0 Å². The number of rotatable bonds is 3. The standard InChI is InChI=1S/C16H18N2/c1-11(2)12-3-5-13(6-4-12)14-7-9-15(10-8-14)16(17)18/h3-11H,1-2H3,(H3,17,18). The van der Waals surface area contributed by atoms with E-state index in [-0.39, 0.29) is 5.84 Å². The van der Waals surface area contributed by atoms with Gasteiger partial charge in [-0.2, -0.15) is 0 Å². The third-order valence-corrected chi connectivity index (χ3v) is 3.11. The Morgan fingerprint density at radius 3 is 1.72 bits per heavy atom. The molecule has 18 heavy (non-hydrogen) atoms. The Morgan fingerprint density at radius 1 is 0.889 bits per heavy atom. The lowest BCUT2D eigenvalue weighted by Crippen LogP contribution is -2.10. The van der Waals surface area contributed by atoms with E-state index in [1.54, 1.807) is 0 Å². The second-order valence-electron chi connectivity index (χ2n) is 4.77. The molecule has 2 heteroatoms. The lowest BCUT2D eigenvalue weighted by Gasteiger charge is -2.07. The molecule has 2 nitrogen and oxygen atoms in total. The average molecular weight is 238 g/mol. The second-order valence-corrected chi connectivity index (χ2v) is 4.77. The Bertz CT molecular complexity index is 536. The van der Waals surface area contributed by atoms with Gasteiger partial charge in [-0.3, -0.25) is 5.41 Å². The Morgan fingerprint density at radius 2 is 1.33 bits per heavy atom.